The van der Waals surface area contributed by atoms with Gasteiger partial charge in [0, 0.05) is 5.69 Å². The van der Waals surface area contributed by atoms with Gasteiger partial charge < -0.3 is 20.0 Å². The third-order valence-electron chi connectivity index (χ3n) is 3.25. The van der Waals surface area contributed by atoms with Gasteiger partial charge in [0.2, 0.25) is 0 Å². The lowest BCUT2D eigenvalue weighted by atomic mass is 10.1. The Balaban J connectivity index is 1.85. The maximum Gasteiger partial charge on any atom is 0.191 e. The van der Waals surface area contributed by atoms with E-state index in [4.69, 9.17) is 17.0 Å². The van der Waals surface area contributed by atoms with E-state index >= 15 is 0 Å². The number of carbonyl (C=O) groups is 1. The number of ether oxygens (including phenoxy) is 1. The molecule has 2 aromatic rings. The van der Waals surface area contributed by atoms with Crippen molar-refractivity contribution in [1.29, 1.82) is 0 Å². The summed E-state index contributed by atoms with van der Waals surface area (Å²) in [7, 11) is 0. The highest BCUT2D eigenvalue weighted by atomic mass is 32.1. The molecule has 6 nitrogen and oxygen atoms in total. The number of benzene rings is 2. The molecule has 0 saturated carbocycles. The fourth-order valence-electron chi connectivity index (χ4n) is 2.06. The Morgan fingerprint density at radius 3 is 2.60 bits per heavy atom. The smallest absolute Gasteiger partial charge is 0.191 e. The number of hydrazone groups is 1. The van der Waals surface area contributed by atoms with Crippen LogP contribution in [0.25, 0.3) is 0 Å². The molecule has 25 heavy (non-hydrogen) atoms. The lowest BCUT2D eigenvalue weighted by Gasteiger charge is -2.10. The van der Waals surface area contributed by atoms with Gasteiger partial charge in [-0.1, -0.05) is 17.7 Å². The monoisotopic (exact) mass is 356 g/mol. The van der Waals surface area contributed by atoms with Crippen LogP contribution in [0.3, 0.4) is 0 Å². The highest BCUT2D eigenvalue weighted by Crippen LogP contribution is 2.15. The second-order valence-corrected chi connectivity index (χ2v) is 5.78. The first-order valence-corrected chi connectivity index (χ1v) is 7.95. The summed E-state index contributed by atoms with van der Waals surface area (Å²) in [5.41, 5.74) is 6.77. The number of nitrogens with one attached hydrogen (secondary N) is 2. The van der Waals surface area contributed by atoms with E-state index in [1.165, 1.54) is 5.56 Å². The van der Waals surface area contributed by atoms with Crippen LogP contribution in [0.15, 0.2) is 47.6 Å². The van der Waals surface area contributed by atoms with Crippen LogP contribution in [0, 0.1) is 13.8 Å². The van der Waals surface area contributed by atoms with E-state index in [0.717, 1.165) is 16.8 Å². The topological polar surface area (TPSA) is 85.8 Å². The van der Waals surface area contributed by atoms with Crippen LogP contribution in [-0.4, -0.2) is 23.9 Å². The van der Waals surface area contributed by atoms with E-state index in [1.807, 2.05) is 26.0 Å². The minimum atomic E-state index is -1.26. The maximum atomic E-state index is 10.3. The van der Waals surface area contributed by atoms with Crippen LogP contribution in [-0.2, 0) is 4.79 Å². The summed E-state index contributed by atoms with van der Waals surface area (Å²) < 4.78 is 5.00. The van der Waals surface area contributed by atoms with Crippen molar-refractivity contribution < 1.29 is 14.6 Å². The van der Waals surface area contributed by atoms with Crippen LogP contribution in [0.5, 0.6) is 5.75 Å². The number of carbonyl (C=O) groups excluding carboxylic acids is 1. The van der Waals surface area contributed by atoms with Gasteiger partial charge in [-0.15, -0.1) is 0 Å². The van der Waals surface area contributed by atoms with Crippen molar-refractivity contribution in [1.82, 2.24) is 5.43 Å². The second kappa shape index (κ2) is 8.79. The van der Waals surface area contributed by atoms with Crippen LogP contribution >= 0.6 is 12.2 Å². The molecule has 2 N–H and O–H groups in total. The summed E-state index contributed by atoms with van der Waals surface area (Å²) in [5, 5.41) is 17.9. The molecule has 0 heterocycles. The van der Waals surface area contributed by atoms with Crippen LogP contribution in [0.1, 0.15) is 16.7 Å². The molecule has 0 saturated heterocycles. The van der Waals surface area contributed by atoms with E-state index in [9.17, 15) is 9.90 Å². The zero-order valence-electron chi connectivity index (χ0n) is 13.9. The minimum Gasteiger partial charge on any atom is -0.546 e. The fourth-order valence-corrected chi connectivity index (χ4v) is 2.22. The summed E-state index contributed by atoms with van der Waals surface area (Å²) in [6.45, 7) is 3.56. The summed E-state index contributed by atoms with van der Waals surface area (Å²) in [5.74, 6) is -0.819. The SMILES string of the molecule is Cc1ccc(NC(=S)N/N=C\c2ccc(OCC(=O)[O-])cc2)c(C)c1. The number of hydrogen-bond donors (Lipinski definition) is 2. The zero-order chi connectivity index (χ0) is 18.2. The summed E-state index contributed by atoms with van der Waals surface area (Å²) >= 11 is 5.21. The quantitative estimate of drug-likeness (QED) is 0.466. The average Bonchev–Trinajstić information content (AvgIpc) is 2.56. The molecule has 0 amide bonds. The molecule has 0 aliphatic rings. The Bertz CT molecular complexity index is 789. The molecular weight excluding hydrogens is 338 g/mol. The van der Waals surface area contributed by atoms with E-state index in [0.29, 0.717) is 10.9 Å². The normalized spacial score (nSPS) is 10.5. The Morgan fingerprint density at radius 2 is 1.96 bits per heavy atom. The van der Waals surface area contributed by atoms with Crippen molar-refractivity contribution in [2.24, 2.45) is 5.10 Å². The number of aryl methyl sites for hydroxylation is 2. The molecule has 0 radical (unpaired) electrons. The van der Waals surface area contributed by atoms with Crippen LogP contribution in [0.4, 0.5) is 5.69 Å². The molecular formula is C18H18N3O3S-. The van der Waals surface area contributed by atoms with Crippen molar-refractivity contribution in [3.63, 3.8) is 0 Å². The minimum absolute atomic E-state index is 0.386. The molecule has 0 unspecified atom stereocenters. The molecule has 130 valence electrons. The molecule has 0 atom stereocenters. The molecule has 0 fully saturated rings. The average molecular weight is 356 g/mol. The Morgan fingerprint density at radius 1 is 1.24 bits per heavy atom. The molecule has 0 bridgehead atoms. The van der Waals surface area contributed by atoms with Gasteiger partial charge in [0.15, 0.2) is 5.11 Å². The number of carboxylic acid groups (broad SMARTS) is 1. The summed E-state index contributed by atoms with van der Waals surface area (Å²) in [6, 6.07) is 12.8. The van der Waals surface area contributed by atoms with Crippen LogP contribution in [0.2, 0.25) is 0 Å². The predicted octanol–water partition coefficient (Wildman–Crippen LogP) is 1.75. The number of thiocarbonyl (C=S) groups is 1. The Kier molecular flexibility index (Phi) is 6.47. The number of aliphatic carboxylic acids is 1. The molecule has 2 rings (SSSR count). The molecule has 0 aliphatic carbocycles. The third-order valence-corrected chi connectivity index (χ3v) is 3.44. The van der Waals surface area contributed by atoms with E-state index in [1.54, 1.807) is 30.5 Å². The third kappa shape index (κ3) is 6.23. The fraction of sp³-hybridized carbons (Fsp3) is 0.167. The number of rotatable bonds is 6. The largest absolute Gasteiger partial charge is 0.546 e. The predicted molar refractivity (Wildman–Crippen MR) is 99.8 cm³/mol. The highest BCUT2D eigenvalue weighted by Gasteiger charge is 2.00. The number of hydrogen-bond acceptors (Lipinski definition) is 5. The molecule has 0 aliphatic heterocycles. The van der Waals surface area contributed by atoms with Crippen LogP contribution < -0.4 is 20.6 Å². The summed E-state index contributed by atoms with van der Waals surface area (Å²) in [4.78, 5) is 10.3. The molecule has 7 heteroatoms. The van der Waals surface area contributed by atoms with E-state index < -0.39 is 12.6 Å². The van der Waals surface area contributed by atoms with Gasteiger partial charge in [0.05, 0.1) is 12.2 Å². The van der Waals surface area contributed by atoms with Gasteiger partial charge in [0.25, 0.3) is 0 Å². The number of carboxylic acids is 1. The molecule has 0 spiro atoms. The number of anilines is 1. The Hall–Kier alpha value is -2.93. The first-order valence-electron chi connectivity index (χ1n) is 7.54. The van der Waals surface area contributed by atoms with Gasteiger partial charge in [-0.05, 0) is 67.5 Å². The lowest BCUT2D eigenvalue weighted by Crippen LogP contribution is -2.28. The standard InChI is InChI=1S/C18H19N3O3S/c1-12-3-8-16(13(2)9-12)20-18(25)21-19-10-14-4-6-15(7-5-14)24-11-17(22)23/h3-10H,11H2,1-2H3,(H,22,23)(H2,20,21,25)/p-1/b19-10-. The van der Waals surface area contributed by atoms with Gasteiger partial charge in [-0.25, -0.2) is 0 Å². The van der Waals surface area contributed by atoms with Crippen molar-refractivity contribution in [2.75, 3.05) is 11.9 Å². The molecule has 2 aromatic carbocycles. The Labute approximate surface area is 151 Å². The van der Waals surface area contributed by atoms with Gasteiger partial charge >= 0.3 is 0 Å². The van der Waals surface area contributed by atoms with E-state index in [-0.39, 0.29) is 0 Å². The first-order chi connectivity index (χ1) is 11.9. The maximum absolute atomic E-state index is 10.3. The highest BCUT2D eigenvalue weighted by molar-refractivity contribution is 7.80. The van der Waals surface area contributed by atoms with Gasteiger partial charge in [0.1, 0.15) is 12.4 Å². The zero-order valence-corrected chi connectivity index (χ0v) is 14.7. The second-order valence-electron chi connectivity index (χ2n) is 5.37. The van der Waals surface area contributed by atoms with Gasteiger partial charge in [-0.2, -0.15) is 5.10 Å². The van der Waals surface area contributed by atoms with Crippen molar-refractivity contribution >= 4 is 35.2 Å². The summed E-state index contributed by atoms with van der Waals surface area (Å²) in [6.07, 6.45) is 1.60. The van der Waals surface area contributed by atoms with Crippen molar-refractivity contribution in [3.05, 3.63) is 59.2 Å². The number of nitrogens with zero attached hydrogens (tertiary/aromatic N) is 1. The van der Waals surface area contributed by atoms with E-state index in [2.05, 4.69) is 21.9 Å². The first kappa shape index (κ1) is 18.4. The van der Waals surface area contributed by atoms with Crippen molar-refractivity contribution in [3.8, 4) is 5.75 Å². The van der Waals surface area contributed by atoms with Gasteiger partial charge in [-0.3, -0.25) is 5.43 Å². The molecule has 0 aromatic heterocycles. The van der Waals surface area contributed by atoms with Crippen molar-refractivity contribution in [2.45, 2.75) is 13.8 Å². The lowest BCUT2D eigenvalue weighted by molar-refractivity contribution is -0.307.